The Morgan fingerprint density at radius 3 is 2.02 bits per heavy atom. The zero-order valence-corrected chi connectivity index (χ0v) is 36.8. The summed E-state index contributed by atoms with van der Waals surface area (Å²) in [5, 5.41) is 14.1. The first-order valence-electron chi connectivity index (χ1n) is 22.7. The van der Waals surface area contributed by atoms with Gasteiger partial charge in [-0.25, -0.2) is 9.98 Å². The molecule has 310 valence electrons. The third-order valence-electron chi connectivity index (χ3n) is 13.8. The van der Waals surface area contributed by atoms with E-state index < -0.39 is 0 Å². The first-order valence-corrected chi connectivity index (χ1v) is 23.5. The molecule has 4 nitrogen and oxygen atoms in total. The molecule has 5 heteroatoms. The Hall–Kier alpha value is -8.12. The largest absolute Gasteiger partial charge is 0.456 e. The first-order chi connectivity index (χ1) is 32.6. The van der Waals surface area contributed by atoms with Crippen LogP contribution >= 0.6 is 11.3 Å². The summed E-state index contributed by atoms with van der Waals surface area (Å²) in [4.78, 5) is 11.7. The van der Waals surface area contributed by atoms with E-state index in [1.54, 1.807) is 0 Å². The van der Waals surface area contributed by atoms with Crippen LogP contribution in [0.1, 0.15) is 30.0 Å². The van der Waals surface area contributed by atoms with Crippen LogP contribution in [0.3, 0.4) is 0 Å². The molecule has 0 spiro atoms. The highest BCUT2D eigenvalue weighted by atomic mass is 32.1. The van der Waals surface area contributed by atoms with E-state index in [-0.39, 0.29) is 5.92 Å². The quantitative estimate of drug-likeness (QED) is 0.174. The highest BCUT2D eigenvalue weighted by molar-refractivity contribution is 7.25. The molecule has 66 heavy (non-hydrogen) atoms. The van der Waals surface area contributed by atoms with Crippen LogP contribution in [0.2, 0.25) is 0 Å². The number of benzene rings is 10. The topological polar surface area (TPSA) is 42.8 Å². The predicted octanol–water partition coefficient (Wildman–Crippen LogP) is 16.8. The third kappa shape index (κ3) is 5.57. The Labute approximate surface area is 383 Å². The number of para-hydroxylation sites is 1. The van der Waals surface area contributed by atoms with Gasteiger partial charge in [-0.3, -0.25) is 0 Å². The third-order valence-corrected chi connectivity index (χ3v) is 15.0. The Morgan fingerprint density at radius 2 is 1.15 bits per heavy atom. The predicted molar refractivity (Wildman–Crippen MR) is 281 cm³/mol. The number of hydrogen-bond acceptors (Lipinski definition) is 4. The Balaban J connectivity index is 1.13. The lowest BCUT2D eigenvalue weighted by atomic mass is 9.90. The second-order valence-electron chi connectivity index (χ2n) is 17.6. The molecule has 14 rings (SSSR count). The average Bonchev–Trinajstić information content (AvgIpc) is 4.04. The average molecular weight is 862 g/mol. The Kier molecular flexibility index (Phi) is 8.16. The summed E-state index contributed by atoms with van der Waals surface area (Å²) < 4.78 is 11.8. The van der Waals surface area contributed by atoms with E-state index in [1.165, 1.54) is 63.3 Å². The summed E-state index contributed by atoms with van der Waals surface area (Å²) in [7, 11) is 0. The number of amidine groups is 1. The maximum absolute atomic E-state index is 6.77. The highest BCUT2D eigenvalue weighted by Gasteiger charge is 2.28. The number of rotatable bonds is 4. The summed E-state index contributed by atoms with van der Waals surface area (Å²) in [6, 6.07) is 70.2. The molecular weight excluding hydrogens is 823 g/mol. The number of nitrogens with zero attached hydrogens (tertiary/aromatic N) is 3. The molecule has 0 saturated carbocycles. The summed E-state index contributed by atoms with van der Waals surface area (Å²) in [6.07, 6.45) is 3.09. The molecule has 0 N–H and O–H groups in total. The molecule has 1 unspecified atom stereocenters. The molecule has 10 aromatic carbocycles. The lowest BCUT2D eigenvalue weighted by molar-refractivity contribution is 0.669. The van der Waals surface area contributed by atoms with Gasteiger partial charge in [0.05, 0.1) is 33.5 Å². The van der Waals surface area contributed by atoms with Crippen LogP contribution in [0.25, 0.3) is 108 Å². The number of hydrogen-bond donors (Lipinski definition) is 0. The van der Waals surface area contributed by atoms with Gasteiger partial charge in [-0.15, -0.1) is 11.3 Å². The van der Waals surface area contributed by atoms with Crippen LogP contribution in [0.4, 0.5) is 0 Å². The normalized spacial score (nSPS) is 17.2. The van der Waals surface area contributed by atoms with Gasteiger partial charge in [0.1, 0.15) is 11.2 Å². The summed E-state index contributed by atoms with van der Waals surface area (Å²) >= 11 is 1.82. The van der Waals surface area contributed by atoms with Crippen molar-refractivity contribution >= 4 is 125 Å². The van der Waals surface area contributed by atoms with Crippen LogP contribution in [-0.2, 0) is 0 Å². The fourth-order valence-corrected chi connectivity index (χ4v) is 11.9. The molecule has 0 amide bonds. The molecule has 3 aromatic heterocycles. The van der Waals surface area contributed by atoms with Crippen molar-refractivity contribution in [2.24, 2.45) is 15.9 Å². The number of aliphatic imine (C=N–C) groups is 2. The van der Waals surface area contributed by atoms with Crippen molar-refractivity contribution in [3.63, 3.8) is 0 Å². The van der Waals surface area contributed by atoms with Gasteiger partial charge in [0.15, 0.2) is 5.84 Å². The molecule has 1 atom stereocenters. The van der Waals surface area contributed by atoms with Crippen molar-refractivity contribution in [1.82, 2.24) is 4.57 Å². The molecule has 1 aliphatic heterocycles. The first kappa shape index (κ1) is 37.3. The van der Waals surface area contributed by atoms with E-state index in [4.69, 9.17) is 14.4 Å². The van der Waals surface area contributed by atoms with E-state index in [2.05, 4.69) is 212 Å². The molecule has 0 radical (unpaired) electrons. The van der Waals surface area contributed by atoms with Crippen molar-refractivity contribution in [1.29, 1.82) is 0 Å². The monoisotopic (exact) mass is 861 g/mol. The Morgan fingerprint density at radius 1 is 0.485 bits per heavy atom. The van der Waals surface area contributed by atoms with Crippen LogP contribution in [0.15, 0.2) is 215 Å². The number of aromatic nitrogens is 1. The highest BCUT2D eigenvalue weighted by Crippen LogP contribution is 2.45. The molecule has 4 heterocycles. The minimum absolute atomic E-state index is 0.000992. The zero-order chi connectivity index (χ0) is 43.5. The van der Waals surface area contributed by atoms with Crippen molar-refractivity contribution in [2.45, 2.75) is 13.3 Å². The molecule has 1 aliphatic rings. The zero-order valence-electron chi connectivity index (χ0n) is 36.0. The minimum atomic E-state index is -0.000992. The van der Waals surface area contributed by atoms with E-state index in [1.807, 2.05) is 11.3 Å². The van der Waals surface area contributed by atoms with Crippen molar-refractivity contribution < 1.29 is 4.42 Å². The maximum atomic E-state index is 6.77. The van der Waals surface area contributed by atoms with Gasteiger partial charge in [-0.05, 0) is 75.8 Å². The fraction of sp³-hybridized carbons (Fsp3) is 0.0492. The van der Waals surface area contributed by atoms with E-state index in [0.29, 0.717) is 5.84 Å². The second-order valence-corrected chi connectivity index (χ2v) is 18.7. The molecular formula is C61H39N3OS. The fourth-order valence-electron chi connectivity index (χ4n) is 10.8. The van der Waals surface area contributed by atoms with Gasteiger partial charge in [0.2, 0.25) is 0 Å². The Bertz CT molecular complexity index is 4290. The van der Waals surface area contributed by atoms with Gasteiger partial charge in [-0.2, -0.15) is 0 Å². The van der Waals surface area contributed by atoms with Crippen LogP contribution in [-0.4, -0.2) is 16.1 Å². The molecule has 0 saturated heterocycles. The lowest BCUT2D eigenvalue weighted by Gasteiger charge is -2.23. The SMILES string of the molecule is CC1C/C=C(c2cccc3ccccc23)/N=C(c2cccc3sc4ccccc4c23)\N=C/1c1ccc2oc3ccccc3c2c1-n1c2cc3ccccc3cc2c2ccc3ccccc3c21. The van der Waals surface area contributed by atoms with Gasteiger partial charge >= 0.3 is 0 Å². The number of fused-ring (bicyclic) bond motifs is 13. The summed E-state index contributed by atoms with van der Waals surface area (Å²) in [5.74, 6) is 0.700. The van der Waals surface area contributed by atoms with Gasteiger partial charge in [0, 0.05) is 64.3 Å². The van der Waals surface area contributed by atoms with E-state index in [0.717, 1.165) is 73.2 Å². The maximum Gasteiger partial charge on any atom is 0.160 e. The summed E-state index contributed by atoms with van der Waals surface area (Å²) in [6.45, 7) is 2.33. The van der Waals surface area contributed by atoms with Crippen molar-refractivity contribution in [2.75, 3.05) is 0 Å². The molecule has 13 aromatic rings. The van der Waals surface area contributed by atoms with Crippen LogP contribution < -0.4 is 0 Å². The summed E-state index contributed by atoms with van der Waals surface area (Å²) in [5.41, 5.74) is 10.2. The van der Waals surface area contributed by atoms with Crippen LogP contribution in [0, 0.1) is 5.92 Å². The lowest BCUT2D eigenvalue weighted by Crippen LogP contribution is -2.19. The van der Waals surface area contributed by atoms with Gasteiger partial charge in [0.25, 0.3) is 0 Å². The number of thiophene rings is 1. The van der Waals surface area contributed by atoms with Crippen molar-refractivity contribution in [3.05, 3.63) is 217 Å². The minimum Gasteiger partial charge on any atom is -0.456 e. The van der Waals surface area contributed by atoms with Gasteiger partial charge < -0.3 is 8.98 Å². The van der Waals surface area contributed by atoms with E-state index in [9.17, 15) is 0 Å². The van der Waals surface area contributed by atoms with Crippen LogP contribution in [0.5, 0.6) is 0 Å². The van der Waals surface area contributed by atoms with Gasteiger partial charge in [-0.1, -0.05) is 165 Å². The molecule has 0 aliphatic carbocycles. The smallest absolute Gasteiger partial charge is 0.160 e. The van der Waals surface area contributed by atoms with E-state index >= 15 is 0 Å². The standard InChI is InChI=1S/C61H39N3OS/c1-36-28-32-50(43-23-12-18-37-14-4-6-19-41(37)43)62-61(47-24-13-27-55-56(47)46-22-9-11-26-54(46)66-55)63-58(36)48-31-33-53-57(45-21-8-10-25-52(45)65-53)60(48)64-51-35-40-17-3-2-16-39(40)34-49(51)44-30-29-38-15-5-7-20-42(38)59(44)64/h2-27,29-36H,28H2,1H3/b50-32+,62-61-,63-58+. The van der Waals surface area contributed by atoms with Crippen molar-refractivity contribution in [3.8, 4) is 5.69 Å². The number of furan rings is 1. The molecule has 0 fully saturated rings. The second kappa shape index (κ2) is 14.4. The molecule has 0 bridgehead atoms. The number of allylic oxidation sites excluding steroid dienone is 1.